The van der Waals surface area contributed by atoms with Gasteiger partial charge in [-0.15, -0.1) is 0 Å². The SMILES string of the molecule is FCc1c2c(nn1-c1ccc(F)cc1)CCNC2. The minimum Gasteiger partial charge on any atom is -0.312 e. The summed E-state index contributed by atoms with van der Waals surface area (Å²) in [6.07, 6.45) is 0.802. The minimum absolute atomic E-state index is 0.306. The molecule has 3 rings (SSSR count). The Morgan fingerprint density at radius 2 is 2.06 bits per heavy atom. The summed E-state index contributed by atoms with van der Waals surface area (Å²) in [5.41, 5.74) is 3.13. The molecule has 1 aromatic carbocycles. The van der Waals surface area contributed by atoms with Gasteiger partial charge in [0.2, 0.25) is 0 Å². The maximum atomic E-state index is 13.2. The van der Waals surface area contributed by atoms with Gasteiger partial charge in [-0.2, -0.15) is 5.10 Å². The van der Waals surface area contributed by atoms with E-state index in [1.165, 1.54) is 12.1 Å². The van der Waals surface area contributed by atoms with E-state index in [4.69, 9.17) is 0 Å². The number of rotatable bonds is 2. The lowest BCUT2D eigenvalue weighted by atomic mass is 10.1. The Morgan fingerprint density at radius 1 is 1.28 bits per heavy atom. The van der Waals surface area contributed by atoms with E-state index in [0.717, 1.165) is 24.2 Å². The first-order valence-electron chi connectivity index (χ1n) is 5.92. The van der Waals surface area contributed by atoms with Crippen LogP contribution in [0.1, 0.15) is 17.0 Å². The summed E-state index contributed by atoms with van der Waals surface area (Å²) in [5, 5.41) is 7.65. The molecule has 3 nitrogen and oxygen atoms in total. The molecule has 0 saturated carbocycles. The summed E-state index contributed by atoms with van der Waals surface area (Å²) in [6, 6.07) is 5.94. The summed E-state index contributed by atoms with van der Waals surface area (Å²) in [4.78, 5) is 0. The summed E-state index contributed by atoms with van der Waals surface area (Å²) in [7, 11) is 0. The van der Waals surface area contributed by atoms with Crippen LogP contribution < -0.4 is 5.32 Å². The Balaban J connectivity index is 2.11. The molecule has 0 bridgehead atoms. The van der Waals surface area contributed by atoms with Crippen LogP contribution in [0.2, 0.25) is 0 Å². The molecule has 94 valence electrons. The van der Waals surface area contributed by atoms with E-state index in [1.807, 2.05) is 0 Å². The third-order valence-electron chi connectivity index (χ3n) is 3.21. The van der Waals surface area contributed by atoms with Gasteiger partial charge in [-0.25, -0.2) is 13.5 Å². The normalized spacial score (nSPS) is 14.6. The van der Waals surface area contributed by atoms with E-state index in [-0.39, 0.29) is 5.82 Å². The van der Waals surface area contributed by atoms with E-state index in [1.54, 1.807) is 16.8 Å². The van der Waals surface area contributed by atoms with Gasteiger partial charge >= 0.3 is 0 Å². The first-order chi connectivity index (χ1) is 8.79. The van der Waals surface area contributed by atoms with Crippen molar-refractivity contribution in [2.24, 2.45) is 0 Å². The Morgan fingerprint density at radius 3 is 2.78 bits per heavy atom. The first-order valence-corrected chi connectivity index (χ1v) is 5.92. The van der Waals surface area contributed by atoms with Crippen LogP contribution in [0.3, 0.4) is 0 Å². The number of benzene rings is 1. The van der Waals surface area contributed by atoms with Gasteiger partial charge in [0.15, 0.2) is 0 Å². The summed E-state index contributed by atoms with van der Waals surface area (Å²) >= 11 is 0. The highest BCUT2D eigenvalue weighted by Gasteiger charge is 2.20. The van der Waals surface area contributed by atoms with Gasteiger partial charge in [-0.05, 0) is 24.3 Å². The molecule has 0 unspecified atom stereocenters. The summed E-state index contributed by atoms with van der Waals surface area (Å²) in [6.45, 7) is 0.941. The molecule has 5 heteroatoms. The topological polar surface area (TPSA) is 29.9 Å². The zero-order valence-corrected chi connectivity index (χ0v) is 9.79. The molecule has 0 amide bonds. The Kier molecular flexibility index (Phi) is 2.83. The quantitative estimate of drug-likeness (QED) is 0.883. The molecule has 0 saturated heterocycles. The van der Waals surface area contributed by atoms with E-state index >= 15 is 0 Å². The van der Waals surface area contributed by atoms with Crippen molar-refractivity contribution in [3.05, 3.63) is 47.0 Å². The van der Waals surface area contributed by atoms with Crippen LogP contribution >= 0.6 is 0 Å². The number of nitrogens with one attached hydrogen (secondary N) is 1. The highest BCUT2D eigenvalue weighted by atomic mass is 19.1. The average Bonchev–Trinajstić information content (AvgIpc) is 2.78. The lowest BCUT2D eigenvalue weighted by molar-refractivity contribution is 0.462. The van der Waals surface area contributed by atoms with Crippen molar-refractivity contribution in [2.45, 2.75) is 19.6 Å². The molecule has 1 aliphatic rings. The molecule has 0 atom stereocenters. The van der Waals surface area contributed by atoms with Crippen LogP contribution in [0.5, 0.6) is 0 Å². The zero-order chi connectivity index (χ0) is 12.5. The van der Waals surface area contributed by atoms with Gasteiger partial charge < -0.3 is 5.32 Å². The predicted octanol–water partition coefficient (Wildman–Crippen LogP) is 2.13. The monoisotopic (exact) mass is 249 g/mol. The molecule has 2 heterocycles. The Bertz CT molecular complexity index is 560. The standard InChI is InChI=1S/C13H13F2N3/c14-7-13-11-8-16-6-5-12(11)17-18(13)10-3-1-9(15)2-4-10/h1-4,16H,5-8H2. The van der Waals surface area contributed by atoms with E-state index in [0.29, 0.717) is 17.9 Å². The van der Waals surface area contributed by atoms with Crippen molar-refractivity contribution in [3.63, 3.8) is 0 Å². The molecule has 1 aliphatic heterocycles. The van der Waals surface area contributed by atoms with Crippen molar-refractivity contribution in [1.82, 2.24) is 15.1 Å². The predicted molar refractivity (Wildman–Crippen MR) is 63.7 cm³/mol. The largest absolute Gasteiger partial charge is 0.312 e. The van der Waals surface area contributed by atoms with Gasteiger partial charge in [-0.3, -0.25) is 0 Å². The number of aromatic nitrogens is 2. The molecular weight excluding hydrogens is 236 g/mol. The van der Waals surface area contributed by atoms with Crippen molar-refractivity contribution < 1.29 is 8.78 Å². The highest BCUT2D eigenvalue weighted by Crippen LogP contribution is 2.22. The molecular formula is C13H13F2N3. The van der Waals surface area contributed by atoms with Gasteiger partial charge in [0.1, 0.15) is 12.5 Å². The fourth-order valence-electron chi connectivity index (χ4n) is 2.29. The second-order valence-electron chi connectivity index (χ2n) is 4.32. The molecule has 1 aromatic heterocycles. The fourth-order valence-corrected chi connectivity index (χ4v) is 2.29. The number of hydrogen-bond acceptors (Lipinski definition) is 2. The molecule has 1 N–H and O–H groups in total. The summed E-state index contributed by atoms with van der Waals surface area (Å²) in [5.74, 6) is -0.306. The minimum atomic E-state index is -0.568. The van der Waals surface area contributed by atoms with Gasteiger partial charge in [0.25, 0.3) is 0 Å². The number of fused-ring (bicyclic) bond motifs is 1. The number of hydrogen-bond donors (Lipinski definition) is 1. The lowest BCUT2D eigenvalue weighted by Gasteiger charge is -2.11. The number of halogens is 2. The van der Waals surface area contributed by atoms with Crippen LogP contribution in [0, 0.1) is 5.82 Å². The summed E-state index contributed by atoms with van der Waals surface area (Å²) < 4.78 is 27.7. The maximum absolute atomic E-state index is 13.2. The smallest absolute Gasteiger partial charge is 0.132 e. The van der Waals surface area contributed by atoms with Gasteiger partial charge in [0.05, 0.1) is 17.1 Å². The lowest BCUT2D eigenvalue weighted by Crippen LogP contribution is -2.23. The zero-order valence-electron chi connectivity index (χ0n) is 9.79. The van der Waals surface area contributed by atoms with E-state index < -0.39 is 6.67 Å². The third kappa shape index (κ3) is 1.80. The second-order valence-corrected chi connectivity index (χ2v) is 4.32. The molecule has 0 spiro atoms. The molecule has 0 fully saturated rings. The van der Waals surface area contributed by atoms with E-state index in [2.05, 4.69) is 10.4 Å². The third-order valence-corrected chi connectivity index (χ3v) is 3.21. The van der Waals surface area contributed by atoms with Crippen molar-refractivity contribution >= 4 is 0 Å². The number of nitrogens with zero attached hydrogens (tertiary/aromatic N) is 2. The van der Waals surface area contributed by atoms with Crippen LogP contribution in [-0.2, 0) is 19.6 Å². The Hall–Kier alpha value is -1.75. The number of alkyl halides is 1. The van der Waals surface area contributed by atoms with Crippen LogP contribution in [0.15, 0.2) is 24.3 Å². The average molecular weight is 249 g/mol. The van der Waals surface area contributed by atoms with Gasteiger partial charge in [-0.1, -0.05) is 0 Å². The van der Waals surface area contributed by atoms with Crippen LogP contribution in [0.4, 0.5) is 8.78 Å². The Labute approximate surface area is 103 Å². The fraction of sp³-hybridized carbons (Fsp3) is 0.308. The molecule has 0 radical (unpaired) electrons. The van der Waals surface area contributed by atoms with Gasteiger partial charge in [0, 0.05) is 25.1 Å². The van der Waals surface area contributed by atoms with E-state index in [9.17, 15) is 8.78 Å². The van der Waals surface area contributed by atoms with Crippen molar-refractivity contribution in [2.75, 3.05) is 6.54 Å². The molecule has 0 aliphatic carbocycles. The van der Waals surface area contributed by atoms with Crippen molar-refractivity contribution in [1.29, 1.82) is 0 Å². The first kappa shape index (κ1) is 11.3. The van der Waals surface area contributed by atoms with Crippen molar-refractivity contribution in [3.8, 4) is 5.69 Å². The highest BCUT2D eigenvalue weighted by molar-refractivity contribution is 5.38. The van der Waals surface area contributed by atoms with Crippen LogP contribution in [-0.4, -0.2) is 16.3 Å². The van der Waals surface area contributed by atoms with Crippen LogP contribution in [0.25, 0.3) is 5.69 Å². The molecule has 18 heavy (non-hydrogen) atoms. The second kappa shape index (κ2) is 4.49. The molecule has 2 aromatic rings. The maximum Gasteiger partial charge on any atom is 0.132 e.